The van der Waals surface area contributed by atoms with Gasteiger partial charge in [-0.2, -0.15) is 0 Å². The third-order valence-electron chi connectivity index (χ3n) is 4.33. The van der Waals surface area contributed by atoms with E-state index in [4.69, 9.17) is 4.98 Å². The Kier molecular flexibility index (Phi) is 3.90. The maximum absolute atomic E-state index is 4.72. The molecular weight excluding hydrogens is 306 g/mol. The molecule has 0 bridgehead atoms. The first-order valence-corrected chi connectivity index (χ1v) is 8.31. The molecule has 0 aliphatic heterocycles. The molecule has 0 radical (unpaired) electrons. The summed E-state index contributed by atoms with van der Waals surface area (Å²) in [6, 6.07) is 25.0. The Labute approximate surface area is 147 Å². The summed E-state index contributed by atoms with van der Waals surface area (Å²) < 4.78 is 0. The monoisotopic (exact) mass is 325 g/mol. The molecule has 0 fully saturated rings. The van der Waals surface area contributed by atoms with E-state index in [-0.39, 0.29) is 0 Å². The van der Waals surface area contributed by atoms with E-state index in [0.29, 0.717) is 0 Å². The van der Waals surface area contributed by atoms with Gasteiger partial charge in [0.25, 0.3) is 0 Å². The Morgan fingerprint density at radius 1 is 0.680 bits per heavy atom. The molecule has 0 atom stereocenters. The number of aromatic nitrogens is 2. The number of hydrogen-bond acceptors (Lipinski definition) is 3. The molecule has 4 aromatic rings. The van der Waals surface area contributed by atoms with Gasteiger partial charge in [0.1, 0.15) is 0 Å². The van der Waals surface area contributed by atoms with Gasteiger partial charge in [0.05, 0.1) is 22.9 Å². The normalized spacial score (nSPS) is 10.8. The van der Waals surface area contributed by atoms with Crippen molar-refractivity contribution in [3.8, 4) is 22.4 Å². The van der Waals surface area contributed by atoms with Gasteiger partial charge in [-0.1, -0.05) is 48.5 Å². The smallest absolute Gasteiger partial charge is 0.0894 e. The Bertz CT molecular complexity index is 1020. The van der Waals surface area contributed by atoms with Crippen LogP contribution in [0.2, 0.25) is 0 Å². The summed E-state index contributed by atoms with van der Waals surface area (Å²) in [7, 11) is 4.11. The summed E-state index contributed by atoms with van der Waals surface area (Å²) in [6.07, 6.45) is 1.84. The summed E-state index contributed by atoms with van der Waals surface area (Å²) in [4.78, 5) is 11.3. The van der Waals surface area contributed by atoms with Crippen LogP contribution in [0, 0.1) is 0 Å². The first-order chi connectivity index (χ1) is 12.2. The Balaban J connectivity index is 1.68. The summed E-state index contributed by atoms with van der Waals surface area (Å²) in [5.74, 6) is 0. The number of rotatable bonds is 3. The van der Waals surface area contributed by atoms with Crippen LogP contribution in [0.25, 0.3) is 33.4 Å². The van der Waals surface area contributed by atoms with Crippen LogP contribution in [0.15, 0.2) is 79.0 Å². The van der Waals surface area contributed by atoms with Gasteiger partial charge in [0.15, 0.2) is 0 Å². The molecule has 3 heteroatoms. The van der Waals surface area contributed by atoms with Crippen molar-refractivity contribution in [3.05, 3.63) is 79.0 Å². The second kappa shape index (κ2) is 6.36. The average molecular weight is 325 g/mol. The zero-order chi connectivity index (χ0) is 17.2. The Hall–Kier alpha value is -3.20. The van der Waals surface area contributed by atoms with Gasteiger partial charge in [-0.3, -0.25) is 4.98 Å². The average Bonchev–Trinajstić information content (AvgIpc) is 2.68. The number of benzene rings is 3. The summed E-state index contributed by atoms with van der Waals surface area (Å²) in [5.41, 5.74) is 7.41. The minimum Gasteiger partial charge on any atom is -0.378 e. The number of nitrogens with zero attached hydrogens (tertiary/aromatic N) is 3. The predicted molar refractivity (Wildman–Crippen MR) is 105 cm³/mol. The molecule has 1 heterocycles. The fraction of sp³-hybridized carbons (Fsp3) is 0.0909. The van der Waals surface area contributed by atoms with Gasteiger partial charge in [-0.15, -0.1) is 0 Å². The molecule has 122 valence electrons. The van der Waals surface area contributed by atoms with Crippen LogP contribution in [-0.4, -0.2) is 24.1 Å². The molecule has 0 aliphatic carbocycles. The maximum atomic E-state index is 4.72. The quantitative estimate of drug-likeness (QED) is 0.529. The number of fused-ring (bicyclic) bond motifs is 1. The highest BCUT2D eigenvalue weighted by Gasteiger charge is 2.05. The van der Waals surface area contributed by atoms with Gasteiger partial charge in [0.2, 0.25) is 0 Å². The van der Waals surface area contributed by atoms with Crippen molar-refractivity contribution in [1.29, 1.82) is 0 Å². The summed E-state index contributed by atoms with van der Waals surface area (Å²) in [5, 5.41) is 0. The first kappa shape index (κ1) is 15.3. The Morgan fingerprint density at radius 3 is 2.16 bits per heavy atom. The number of hydrogen-bond donors (Lipinski definition) is 0. The molecule has 3 nitrogen and oxygen atoms in total. The van der Waals surface area contributed by atoms with Crippen molar-refractivity contribution in [1.82, 2.24) is 9.97 Å². The molecule has 0 saturated carbocycles. The summed E-state index contributed by atoms with van der Waals surface area (Å²) in [6.45, 7) is 0. The molecule has 0 amide bonds. The maximum Gasteiger partial charge on any atom is 0.0894 e. The highest BCUT2D eigenvalue weighted by atomic mass is 15.1. The molecular formula is C22H19N3. The van der Waals surface area contributed by atoms with Crippen LogP contribution in [0.4, 0.5) is 5.69 Å². The molecule has 0 spiro atoms. The van der Waals surface area contributed by atoms with Crippen molar-refractivity contribution in [2.45, 2.75) is 0 Å². The van der Waals surface area contributed by atoms with E-state index in [2.05, 4.69) is 72.5 Å². The standard InChI is InChI=1S/C22H19N3/c1-25(2)19-7-5-6-18(14-19)16-10-12-17(13-11-16)22-15-23-20-8-3-4-9-21(20)24-22/h3-15H,1-2H3. The van der Waals surface area contributed by atoms with Crippen molar-refractivity contribution in [3.63, 3.8) is 0 Å². The molecule has 4 rings (SSSR count). The van der Waals surface area contributed by atoms with Gasteiger partial charge >= 0.3 is 0 Å². The van der Waals surface area contributed by atoms with E-state index < -0.39 is 0 Å². The zero-order valence-electron chi connectivity index (χ0n) is 14.3. The topological polar surface area (TPSA) is 29.0 Å². The fourth-order valence-electron chi connectivity index (χ4n) is 2.89. The predicted octanol–water partition coefficient (Wildman–Crippen LogP) is 5.03. The molecule has 0 saturated heterocycles. The van der Waals surface area contributed by atoms with Crippen molar-refractivity contribution in [2.24, 2.45) is 0 Å². The number of para-hydroxylation sites is 2. The highest BCUT2D eigenvalue weighted by Crippen LogP contribution is 2.27. The van der Waals surface area contributed by atoms with E-state index in [1.807, 2.05) is 30.5 Å². The lowest BCUT2D eigenvalue weighted by molar-refractivity contribution is 1.13. The van der Waals surface area contributed by atoms with Crippen molar-refractivity contribution < 1.29 is 0 Å². The van der Waals surface area contributed by atoms with Gasteiger partial charge in [0, 0.05) is 25.3 Å². The van der Waals surface area contributed by atoms with E-state index in [0.717, 1.165) is 22.3 Å². The van der Waals surface area contributed by atoms with E-state index in [1.54, 1.807) is 0 Å². The second-order valence-corrected chi connectivity index (χ2v) is 6.27. The lowest BCUT2D eigenvalue weighted by Gasteiger charge is -2.13. The number of anilines is 1. The van der Waals surface area contributed by atoms with Crippen molar-refractivity contribution in [2.75, 3.05) is 19.0 Å². The SMILES string of the molecule is CN(C)c1cccc(-c2ccc(-c3cnc4ccccc4n3)cc2)c1. The van der Waals surface area contributed by atoms with Crippen LogP contribution in [0.1, 0.15) is 0 Å². The lowest BCUT2D eigenvalue weighted by Crippen LogP contribution is -2.08. The largest absolute Gasteiger partial charge is 0.378 e. The van der Waals surface area contributed by atoms with Crippen molar-refractivity contribution >= 4 is 16.7 Å². The summed E-state index contributed by atoms with van der Waals surface area (Å²) >= 11 is 0. The molecule has 0 N–H and O–H groups in total. The van der Waals surface area contributed by atoms with Crippen LogP contribution in [-0.2, 0) is 0 Å². The highest BCUT2D eigenvalue weighted by molar-refractivity contribution is 5.77. The fourth-order valence-corrected chi connectivity index (χ4v) is 2.89. The first-order valence-electron chi connectivity index (χ1n) is 8.31. The molecule has 0 aliphatic rings. The minimum absolute atomic E-state index is 0.896. The molecule has 3 aromatic carbocycles. The van der Waals surface area contributed by atoms with Crippen LogP contribution >= 0.6 is 0 Å². The lowest BCUT2D eigenvalue weighted by atomic mass is 10.0. The molecule has 0 unspecified atom stereocenters. The van der Waals surface area contributed by atoms with E-state index in [1.165, 1.54) is 16.8 Å². The van der Waals surface area contributed by atoms with Gasteiger partial charge in [-0.05, 0) is 35.4 Å². The minimum atomic E-state index is 0.896. The van der Waals surface area contributed by atoms with Crippen LogP contribution in [0.3, 0.4) is 0 Å². The third kappa shape index (κ3) is 3.09. The van der Waals surface area contributed by atoms with Gasteiger partial charge in [-0.25, -0.2) is 4.98 Å². The van der Waals surface area contributed by atoms with Gasteiger partial charge < -0.3 is 4.90 Å². The zero-order valence-corrected chi connectivity index (χ0v) is 14.3. The third-order valence-corrected chi connectivity index (χ3v) is 4.33. The second-order valence-electron chi connectivity index (χ2n) is 6.27. The van der Waals surface area contributed by atoms with Crippen LogP contribution < -0.4 is 4.90 Å². The Morgan fingerprint density at radius 2 is 1.40 bits per heavy atom. The van der Waals surface area contributed by atoms with E-state index in [9.17, 15) is 0 Å². The molecule has 25 heavy (non-hydrogen) atoms. The van der Waals surface area contributed by atoms with Crippen LogP contribution in [0.5, 0.6) is 0 Å². The molecule has 1 aromatic heterocycles. The van der Waals surface area contributed by atoms with E-state index >= 15 is 0 Å².